The average molecular weight is 475 g/mol. The normalized spacial score (nSPS) is 17.7. The molecule has 2 amide bonds. The summed E-state index contributed by atoms with van der Waals surface area (Å²) in [6.45, 7) is 4.84. The van der Waals surface area contributed by atoms with E-state index in [9.17, 15) is 18.0 Å². The molecule has 0 unspecified atom stereocenters. The third kappa shape index (κ3) is 4.78. The van der Waals surface area contributed by atoms with Crippen LogP contribution in [0.2, 0.25) is 0 Å². The van der Waals surface area contributed by atoms with Gasteiger partial charge in [-0.25, -0.2) is 9.79 Å². The van der Waals surface area contributed by atoms with Gasteiger partial charge in [-0.2, -0.15) is 13.2 Å². The number of para-hydroxylation sites is 1. The first-order chi connectivity index (χ1) is 15.6. The van der Waals surface area contributed by atoms with E-state index in [-0.39, 0.29) is 5.69 Å². The Bertz CT molecular complexity index is 1130. The predicted molar refractivity (Wildman–Crippen MR) is 127 cm³/mol. The highest BCUT2D eigenvalue weighted by atomic mass is 32.2. The van der Waals surface area contributed by atoms with E-state index in [4.69, 9.17) is 9.98 Å². The number of hydrogen-bond acceptors (Lipinski definition) is 4. The van der Waals surface area contributed by atoms with Crippen LogP contribution in [0.25, 0.3) is 0 Å². The van der Waals surface area contributed by atoms with Crippen molar-refractivity contribution in [2.24, 2.45) is 9.98 Å². The highest BCUT2D eigenvalue weighted by Crippen LogP contribution is 2.37. The Morgan fingerprint density at radius 1 is 1.06 bits per heavy atom. The zero-order chi connectivity index (χ0) is 23.8. The van der Waals surface area contributed by atoms with Crippen LogP contribution in [0.15, 0.2) is 52.4 Å². The summed E-state index contributed by atoms with van der Waals surface area (Å²) in [5.41, 5.74) is 2.54. The summed E-state index contributed by atoms with van der Waals surface area (Å²) < 4.78 is 39.7. The minimum absolute atomic E-state index is 0.242. The van der Waals surface area contributed by atoms with Crippen LogP contribution in [-0.2, 0) is 6.18 Å². The maximum Gasteiger partial charge on any atom is 0.418 e. The molecular formula is C24H25F3N4OS. The van der Waals surface area contributed by atoms with Gasteiger partial charge in [0, 0.05) is 31.5 Å². The summed E-state index contributed by atoms with van der Waals surface area (Å²) in [4.78, 5) is 24.1. The molecule has 0 saturated carbocycles. The Kier molecular flexibility index (Phi) is 6.26. The number of aryl methyl sites for hydroxylation is 2. The van der Waals surface area contributed by atoms with Crippen LogP contribution >= 0.6 is 11.8 Å². The molecule has 2 aliphatic heterocycles. The van der Waals surface area contributed by atoms with Crippen LogP contribution in [0.4, 0.5) is 23.7 Å². The van der Waals surface area contributed by atoms with Crippen molar-refractivity contribution in [1.82, 2.24) is 4.90 Å². The number of amides is 2. The number of thioether (sulfide) groups is 1. The minimum Gasteiger partial charge on any atom is -0.324 e. The van der Waals surface area contributed by atoms with Crippen LogP contribution < -0.4 is 5.32 Å². The molecule has 0 aromatic heterocycles. The van der Waals surface area contributed by atoms with Crippen molar-refractivity contribution < 1.29 is 18.0 Å². The highest BCUT2D eigenvalue weighted by molar-refractivity contribution is 8.15. The van der Waals surface area contributed by atoms with E-state index in [0.29, 0.717) is 25.9 Å². The van der Waals surface area contributed by atoms with Gasteiger partial charge in [-0.05, 0) is 49.4 Å². The van der Waals surface area contributed by atoms with Crippen molar-refractivity contribution in [3.63, 3.8) is 0 Å². The molecule has 0 bridgehead atoms. The fourth-order valence-electron chi connectivity index (χ4n) is 4.07. The Hall–Kier alpha value is -2.81. The summed E-state index contributed by atoms with van der Waals surface area (Å²) in [6, 6.07) is 10.7. The van der Waals surface area contributed by atoms with Crippen molar-refractivity contribution in [1.29, 1.82) is 0 Å². The van der Waals surface area contributed by atoms with Gasteiger partial charge in [-0.3, -0.25) is 4.99 Å². The van der Waals surface area contributed by atoms with Gasteiger partial charge in [0.25, 0.3) is 0 Å². The van der Waals surface area contributed by atoms with E-state index in [1.165, 1.54) is 34.2 Å². The number of likely N-dealkylation sites (tertiary alicyclic amines) is 1. The number of nitrogens with one attached hydrogen (secondary N) is 1. The Morgan fingerprint density at radius 3 is 2.39 bits per heavy atom. The summed E-state index contributed by atoms with van der Waals surface area (Å²) in [5, 5.41) is 3.29. The van der Waals surface area contributed by atoms with Gasteiger partial charge in [0.1, 0.15) is 5.04 Å². The number of rotatable bonds is 2. The van der Waals surface area contributed by atoms with Crippen molar-refractivity contribution in [2.45, 2.75) is 38.5 Å². The molecule has 1 N–H and O–H groups in total. The van der Waals surface area contributed by atoms with E-state index in [0.717, 1.165) is 22.4 Å². The fraction of sp³-hybridized carbons (Fsp3) is 0.375. The Balaban J connectivity index is 1.48. The third-order valence-corrected chi connectivity index (χ3v) is 6.80. The number of aliphatic imine (C=N–C) groups is 2. The van der Waals surface area contributed by atoms with Gasteiger partial charge in [-0.15, -0.1) is 11.8 Å². The lowest BCUT2D eigenvalue weighted by atomic mass is 9.98. The van der Waals surface area contributed by atoms with Crippen LogP contribution in [0, 0.1) is 13.8 Å². The topological polar surface area (TPSA) is 57.1 Å². The first-order valence-corrected chi connectivity index (χ1v) is 11.9. The lowest BCUT2D eigenvalue weighted by Crippen LogP contribution is -2.46. The van der Waals surface area contributed by atoms with Gasteiger partial charge in [-0.1, -0.05) is 24.3 Å². The molecule has 1 fully saturated rings. The lowest BCUT2D eigenvalue weighted by Gasteiger charge is -2.35. The molecule has 1 saturated heterocycles. The second-order valence-corrected chi connectivity index (χ2v) is 9.12. The number of carbonyl (C=O) groups excluding carboxylic acids is 1. The van der Waals surface area contributed by atoms with Crippen molar-refractivity contribution in [2.75, 3.05) is 24.7 Å². The van der Waals surface area contributed by atoms with Crippen LogP contribution in [-0.4, -0.2) is 46.7 Å². The summed E-state index contributed by atoms with van der Waals surface area (Å²) in [5.74, 6) is 0. The second kappa shape index (κ2) is 8.85. The maximum atomic E-state index is 13.2. The molecule has 2 heterocycles. The van der Waals surface area contributed by atoms with Gasteiger partial charge < -0.3 is 10.2 Å². The predicted octanol–water partition coefficient (Wildman–Crippen LogP) is 5.91. The van der Waals surface area contributed by atoms with Crippen molar-refractivity contribution >= 4 is 34.2 Å². The van der Waals surface area contributed by atoms with Gasteiger partial charge >= 0.3 is 12.2 Å². The molecule has 2 aromatic rings. The molecule has 1 spiro atoms. The Labute approximate surface area is 195 Å². The standard InChI is InChI=1S/C24H25F3N4OS/c1-15-8-9-17(14-16(15)2)20-21(33-3)30-23(29-20)10-12-31(13-11-23)22(32)28-19-7-5-4-6-18(19)24(25,26)27/h4-9,14H,10-13H2,1-3H3,(H,28,32). The molecule has 0 aliphatic carbocycles. The van der Waals surface area contributed by atoms with Crippen molar-refractivity contribution in [3.05, 3.63) is 64.7 Å². The Morgan fingerprint density at radius 2 is 1.76 bits per heavy atom. The number of carbonyl (C=O) groups is 1. The number of alkyl halides is 3. The molecule has 2 aliphatic rings. The molecule has 0 atom stereocenters. The number of benzene rings is 2. The number of anilines is 1. The van der Waals surface area contributed by atoms with Gasteiger partial charge in [0.2, 0.25) is 0 Å². The molecule has 2 aromatic carbocycles. The summed E-state index contributed by atoms with van der Waals surface area (Å²) >= 11 is 1.55. The molecule has 5 nitrogen and oxygen atoms in total. The SMILES string of the molecule is CSC1=NC2(CCN(C(=O)Nc3ccccc3C(F)(F)F)CC2)N=C1c1ccc(C)c(C)c1. The summed E-state index contributed by atoms with van der Waals surface area (Å²) in [7, 11) is 0. The maximum absolute atomic E-state index is 13.2. The smallest absolute Gasteiger partial charge is 0.324 e. The number of piperidine rings is 1. The number of halogens is 3. The van der Waals surface area contributed by atoms with Crippen LogP contribution in [0.1, 0.15) is 35.1 Å². The zero-order valence-electron chi connectivity index (χ0n) is 18.7. The van der Waals surface area contributed by atoms with Crippen LogP contribution in [0.5, 0.6) is 0 Å². The van der Waals surface area contributed by atoms with Gasteiger partial charge in [0.15, 0.2) is 5.66 Å². The number of urea groups is 1. The highest BCUT2D eigenvalue weighted by Gasteiger charge is 2.41. The van der Waals surface area contributed by atoms with Crippen LogP contribution in [0.3, 0.4) is 0 Å². The van der Waals surface area contributed by atoms with E-state index in [2.05, 4.69) is 31.3 Å². The number of nitrogens with zero attached hydrogens (tertiary/aromatic N) is 3. The zero-order valence-corrected chi connectivity index (χ0v) is 19.5. The molecular weight excluding hydrogens is 449 g/mol. The van der Waals surface area contributed by atoms with E-state index >= 15 is 0 Å². The van der Waals surface area contributed by atoms with Gasteiger partial charge in [0.05, 0.1) is 17.0 Å². The van der Waals surface area contributed by atoms with E-state index in [1.54, 1.807) is 11.8 Å². The summed E-state index contributed by atoms with van der Waals surface area (Å²) in [6.07, 6.45) is -1.55. The van der Waals surface area contributed by atoms with E-state index in [1.807, 2.05) is 12.3 Å². The molecule has 174 valence electrons. The quantitative estimate of drug-likeness (QED) is 0.588. The largest absolute Gasteiger partial charge is 0.418 e. The number of hydrogen-bond donors (Lipinski definition) is 1. The first-order valence-electron chi connectivity index (χ1n) is 10.7. The molecule has 33 heavy (non-hydrogen) atoms. The second-order valence-electron chi connectivity index (χ2n) is 8.32. The molecule has 9 heteroatoms. The average Bonchev–Trinajstić information content (AvgIpc) is 3.14. The molecule has 4 rings (SSSR count). The third-order valence-electron chi connectivity index (χ3n) is 6.13. The fourth-order valence-corrected chi connectivity index (χ4v) is 4.69. The molecule has 0 radical (unpaired) electrons. The van der Waals surface area contributed by atoms with E-state index < -0.39 is 23.4 Å². The first kappa shape index (κ1) is 23.4. The van der Waals surface area contributed by atoms with Crippen molar-refractivity contribution in [3.8, 4) is 0 Å². The lowest BCUT2D eigenvalue weighted by molar-refractivity contribution is -0.136. The monoisotopic (exact) mass is 474 g/mol. The minimum atomic E-state index is -4.54.